The van der Waals surface area contributed by atoms with Crippen LogP contribution in [0.25, 0.3) is 0 Å². The number of hydrogen-bond donors (Lipinski definition) is 1. The van der Waals surface area contributed by atoms with Gasteiger partial charge < -0.3 is 5.73 Å². The van der Waals surface area contributed by atoms with Crippen molar-refractivity contribution in [1.82, 2.24) is 0 Å². The quantitative estimate of drug-likeness (QED) is 0.698. The lowest BCUT2D eigenvalue weighted by Crippen LogP contribution is -1.92. The van der Waals surface area contributed by atoms with Crippen molar-refractivity contribution >= 4 is 11.3 Å². The van der Waals surface area contributed by atoms with E-state index in [9.17, 15) is 0 Å². The van der Waals surface area contributed by atoms with Crippen molar-refractivity contribution in [2.75, 3.05) is 0 Å². The molecule has 12 heavy (non-hydrogen) atoms. The van der Waals surface area contributed by atoms with E-state index in [0.717, 1.165) is 0 Å². The summed E-state index contributed by atoms with van der Waals surface area (Å²) < 4.78 is 0. The van der Waals surface area contributed by atoms with Crippen LogP contribution in [0.5, 0.6) is 0 Å². The summed E-state index contributed by atoms with van der Waals surface area (Å²) in [6.07, 6.45) is 5.20. The van der Waals surface area contributed by atoms with E-state index in [1.807, 2.05) is 11.3 Å². The summed E-state index contributed by atoms with van der Waals surface area (Å²) in [5, 5.41) is 2.17. The van der Waals surface area contributed by atoms with Crippen LogP contribution in [-0.4, -0.2) is 0 Å². The van der Waals surface area contributed by atoms with Crippen molar-refractivity contribution in [2.24, 2.45) is 5.73 Å². The van der Waals surface area contributed by atoms with E-state index in [-0.39, 0.29) is 0 Å². The zero-order valence-corrected chi connectivity index (χ0v) is 8.49. The van der Waals surface area contributed by atoms with E-state index in [2.05, 4.69) is 18.4 Å². The maximum atomic E-state index is 5.52. The van der Waals surface area contributed by atoms with Gasteiger partial charge in [-0.1, -0.05) is 19.8 Å². The van der Waals surface area contributed by atoms with E-state index < -0.39 is 0 Å². The Morgan fingerprint density at radius 3 is 2.83 bits per heavy atom. The van der Waals surface area contributed by atoms with E-state index in [0.29, 0.717) is 6.54 Å². The fourth-order valence-corrected chi connectivity index (χ4v) is 2.16. The highest BCUT2D eigenvalue weighted by Gasteiger charge is 1.97. The summed E-state index contributed by atoms with van der Waals surface area (Å²) in [7, 11) is 0. The second-order valence-corrected chi connectivity index (χ2v) is 4.08. The number of thiophene rings is 1. The SMILES string of the molecule is CCCCCc1cc(CN)cs1. The van der Waals surface area contributed by atoms with Gasteiger partial charge in [0.1, 0.15) is 0 Å². The molecule has 0 amide bonds. The zero-order chi connectivity index (χ0) is 8.81. The first-order valence-electron chi connectivity index (χ1n) is 4.63. The highest BCUT2D eigenvalue weighted by molar-refractivity contribution is 7.10. The van der Waals surface area contributed by atoms with E-state index in [4.69, 9.17) is 5.73 Å². The van der Waals surface area contributed by atoms with Crippen molar-refractivity contribution in [3.63, 3.8) is 0 Å². The summed E-state index contributed by atoms with van der Waals surface area (Å²) in [5.41, 5.74) is 6.81. The second kappa shape index (κ2) is 5.33. The first-order chi connectivity index (χ1) is 5.86. The summed E-state index contributed by atoms with van der Waals surface area (Å²) >= 11 is 1.84. The van der Waals surface area contributed by atoms with Crippen LogP contribution in [-0.2, 0) is 13.0 Å². The molecule has 1 aromatic heterocycles. The summed E-state index contributed by atoms with van der Waals surface area (Å²) in [4.78, 5) is 1.49. The van der Waals surface area contributed by atoms with Gasteiger partial charge in [-0.15, -0.1) is 11.3 Å². The third-order valence-corrected chi connectivity index (χ3v) is 3.02. The van der Waals surface area contributed by atoms with Crippen LogP contribution in [0, 0.1) is 0 Å². The molecule has 2 heteroatoms. The van der Waals surface area contributed by atoms with E-state index in [1.165, 1.54) is 36.1 Å². The third kappa shape index (κ3) is 2.95. The number of rotatable bonds is 5. The van der Waals surface area contributed by atoms with Gasteiger partial charge in [0.25, 0.3) is 0 Å². The van der Waals surface area contributed by atoms with Crippen LogP contribution in [0.1, 0.15) is 36.6 Å². The molecule has 0 saturated carbocycles. The summed E-state index contributed by atoms with van der Waals surface area (Å²) in [6.45, 7) is 2.92. The lowest BCUT2D eigenvalue weighted by Gasteiger charge is -1.94. The first-order valence-corrected chi connectivity index (χ1v) is 5.51. The Kier molecular flexibility index (Phi) is 4.33. The molecule has 1 heterocycles. The molecule has 0 spiro atoms. The molecule has 1 aromatic rings. The predicted octanol–water partition coefficient (Wildman–Crippen LogP) is 2.94. The van der Waals surface area contributed by atoms with Gasteiger partial charge in [0.05, 0.1) is 0 Å². The second-order valence-electron chi connectivity index (χ2n) is 3.08. The first kappa shape index (κ1) is 9.75. The smallest absolute Gasteiger partial charge is 0.0186 e. The molecule has 0 fully saturated rings. The largest absolute Gasteiger partial charge is 0.326 e. The van der Waals surface area contributed by atoms with Crippen LogP contribution in [0.2, 0.25) is 0 Å². The molecule has 0 atom stereocenters. The van der Waals surface area contributed by atoms with Gasteiger partial charge in [-0.3, -0.25) is 0 Å². The Bertz CT molecular complexity index is 217. The highest BCUT2D eigenvalue weighted by atomic mass is 32.1. The lowest BCUT2D eigenvalue weighted by molar-refractivity contribution is 0.722. The van der Waals surface area contributed by atoms with E-state index >= 15 is 0 Å². The van der Waals surface area contributed by atoms with Crippen LogP contribution in [0.4, 0.5) is 0 Å². The van der Waals surface area contributed by atoms with Crippen molar-refractivity contribution in [1.29, 1.82) is 0 Å². The standard InChI is InChI=1S/C10H17NS/c1-2-3-4-5-10-6-9(7-11)8-12-10/h6,8H,2-5,7,11H2,1H3. The van der Waals surface area contributed by atoms with Crippen LogP contribution in [0.3, 0.4) is 0 Å². The van der Waals surface area contributed by atoms with Crippen molar-refractivity contribution < 1.29 is 0 Å². The molecule has 0 aliphatic heterocycles. The van der Waals surface area contributed by atoms with Crippen molar-refractivity contribution in [2.45, 2.75) is 39.2 Å². The molecule has 0 aliphatic carbocycles. The fourth-order valence-electron chi connectivity index (χ4n) is 1.21. The maximum absolute atomic E-state index is 5.52. The molecule has 0 bridgehead atoms. The van der Waals surface area contributed by atoms with Crippen LogP contribution < -0.4 is 5.73 Å². The fraction of sp³-hybridized carbons (Fsp3) is 0.600. The van der Waals surface area contributed by atoms with Gasteiger partial charge in [-0.05, 0) is 29.9 Å². The van der Waals surface area contributed by atoms with Crippen LogP contribution >= 0.6 is 11.3 Å². The predicted molar refractivity (Wildman–Crippen MR) is 55.4 cm³/mol. The molecule has 68 valence electrons. The minimum atomic E-state index is 0.685. The van der Waals surface area contributed by atoms with Crippen LogP contribution in [0.15, 0.2) is 11.4 Å². The normalized spacial score (nSPS) is 10.5. The summed E-state index contributed by atoms with van der Waals surface area (Å²) in [5.74, 6) is 0. The number of unbranched alkanes of at least 4 members (excludes halogenated alkanes) is 2. The molecular weight excluding hydrogens is 166 g/mol. The van der Waals surface area contributed by atoms with Gasteiger partial charge >= 0.3 is 0 Å². The summed E-state index contributed by atoms with van der Waals surface area (Å²) in [6, 6.07) is 2.24. The molecular formula is C10H17NS. The Hall–Kier alpha value is -0.340. The van der Waals surface area contributed by atoms with Gasteiger partial charge in [-0.2, -0.15) is 0 Å². The Balaban J connectivity index is 2.31. The van der Waals surface area contributed by atoms with Gasteiger partial charge in [0, 0.05) is 11.4 Å². The number of hydrogen-bond acceptors (Lipinski definition) is 2. The molecule has 0 aromatic carbocycles. The van der Waals surface area contributed by atoms with Gasteiger partial charge in [0.2, 0.25) is 0 Å². The Labute approximate surface area is 78.6 Å². The minimum Gasteiger partial charge on any atom is -0.326 e. The molecule has 0 radical (unpaired) electrons. The molecule has 1 rings (SSSR count). The lowest BCUT2D eigenvalue weighted by atomic mass is 10.2. The third-order valence-electron chi connectivity index (χ3n) is 1.97. The average molecular weight is 183 g/mol. The van der Waals surface area contributed by atoms with Gasteiger partial charge in [-0.25, -0.2) is 0 Å². The molecule has 2 N–H and O–H groups in total. The molecule has 0 aliphatic rings. The van der Waals surface area contributed by atoms with Crippen molar-refractivity contribution in [3.05, 3.63) is 21.9 Å². The Morgan fingerprint density at radius 1 is 1.42 bits per heavy atom. The number of aryl methyl sites for hydroxylation is 1. The zero-order valence-electron chi connectivity index (χ0n) is 7.68. The molecule has 1 nitrogen and oxygen atoms in total. The number of nitrogens with two attached hydrogens (primary N) is 1. The maximum Gasteiger partial charge on any atom is 0.0186 e. The Morgan fingerprint density at radius 2 is 2.25 bits per heavy atom. The van der Waals surface area contributed by atoms with Gasteiger partial charge in [0.15, 0.2) is 0 Å². The highest BCUT2D eigenvalue weighted by Crippen LogP contribution is 2.16. The minimum absolute atomic E-state index is 0.685. The topological polar surface area (TPSA) is 26.0 Å². The van der Waals surface area contributed by atoms with Crippen molar-refractivity contribution in [3.8, 4) is 0 Å². The van der Waals surface area contributed by atoms with E-state index in [1.54, 1.807) is 0 Å². The molecule has 0 saturated heterocycles. The average Bonchev–Trinajstić information content (AvgIpc) is 2.53. The molecule has 0 unspecified atom stereocenters. The monoisotopic (exact) mass is 183 g/mol.